The van der Waals surface area contributed by atoms with Gasteiger partial charge in [-0.15, -0.1) is 11.8 Å². The minimum atomic E-state index is -0.157. The monoisotopic (exact) mass is 294 g/mol. The largest absolute Gasteiger partial charge is 0.392 e. The smallest absolute Gasteiger partial charge is 0.0664 e. The minimum Gasteiger partial charge on any atom is -0.392 e. The lowest BCUT2D eigenvalue weighted by molar-refractivity contribution is 0.0731. The number of piperazine rings is 1. The Balaban J connectivity index is 1.60. The first-order valence-electron chi connectivity index (χ1n) is 7.58. The molecule has 1 N–H and O–H groups in total. The summed E-state index contributed by atoms with van der Waals surface area (Å²) in [6.07, 6.45) is 0.698. The molecule has 1 atom stereocenters. The highest BCUT2D eigenvalue weighted by molar-refractivity contribution is 7.99. The van der Waals surface area contributed by atoms with E-state index in [2.05, 4.69) is 40.1 Å². The van der Waals surface area contributed by atoms with E-state index in [1.54, 1.807) is 0 Å². The van der Waals surface area contributed by atoms with E-state index in [-0.39, 0.29) is 6.10 Å². The van der Waals surface area contributed by atoms with Crippen molar-refractivity contribution >= 4 is 11.8 Å². The summed E-state index contributed by atoms with van der Waals surface area (Å²) in [5.74, 6) is 1.15. The molecule has 4 heteroatoms. The molecule has 1 aromatic carbocycles. The molecule has 1 fully saturated rings. The van der Waals surface area contributed by atoms with Gasteiger partial charge in [0.1, 0.15) is 0 Å². The predicted molar refractivity (Wildman–Crippen MR) is 86.3 cm³/mol. The molecule has 2 rings (SSSR count). The summed E-state index contributed by atoms with van der Waals surface area (Å²) in [6, 6.07) is 10.6. The molecule has 0 bridgehead atoms. The van der Waals surface area contributed by atoms with Crippen molar-refractivity contribution in [1.29, 1.82) is 0 Å². The van der Waals surface area contributed by atoms with Gasteiger partial charge in [0.05, 0.1) is 6.10 Å². The third kappa shape index (κ3) is 5.44. The SMILES string of the molecule is CC[C@@H](O)CN1CCN(CCSc2ccccc2)CC1. The Hall–Kier alpha value is -0.550. The van der Waals surface area contributed by atoms with Gasteiger partial charge >= 0.3 is 0 Å². The van der Waals surface area contributed by atoms with Crippen LogP contribution in [-0.4, -0.2) is 66.0 Å². The molecular formula is C16H26N2OS. The second-order valence-corrected chi connectivity index (χ2v) is 6.53. The fourth-order valence-corrected chi connectivity index (χ4v) is 3.37. The molecule has 20 heavy (non-hydrogen) atoms. The second-order valence-electron chi connectivity index (χ2n) is 5.37. The highest BCUT2D eigenvalue weighted by Gasteiger charge is 2.18. The van der Waals surface area contributed by atoms with E-state index >= 15 is 0 Å². The van der Waals surface area contributed by atoms with E-state index in [1.165, 1.54) is 4.90 Å². The third-order valence-electron chi connectivity index (χ3n) is 3.82. The molecule has 0 amide bonds. The maximum atomic E-state index is 9.68. The van der Waals surface area contributed by atoms with Crippen LogP contribution in [0, 0.1) is 0 Å². The topological polar surface area (TPSA) is 26.7 Å². The van der Waals surface area contributed by atoms with Gasteiger partial charge in [-0.05, 0) is 18.6 Å². The molecule has 1 aromatic rings. The Labute approximate surface area is 127 Å². The van der Waals surface area contributed by atoms with Crippen LogP contribution < -0.4 is 0 Å². The Morgan fingerprint density at radius 2 is 1.75 bits per heavy atom. The average Bonchev–Trinajstić information content (AvgIpc) is 2.50. The van der Waals surface area contributed by atoms with Crippen molar-refractivity contribution in [3.05, 3.63) is 30.3 Å². The summed E-state index contributed by atoms with van der Waals surface area (Å²) in [5, 5.41) is 9.68. The van der Waals surface area contributed by atoms with Gasteiger partial charge in [0.25, 0.3) is 0 Å². The van der Waals surface area contributed by atoms with Crippen molar-refractivity contribution in [3.63, 3.8) is 0 Å². The Bertz CT molecular complexity index is 366. The number of β-amino-alcohol motifs (C(OH)–C–C–N with tert-alkyl or cyclic N) is 1. The van der Waals surface area contributed by atoms with Gasteiger partial charge in [-0.3, -0.25) is 9.80 Å². The fourth-order valence-electron chi connectivity index (χ4n) is 2.43. The van der Waals surface area contributed by atoms with Crippen LogP contribution in [-0.2, 0) is 0 Å². The van der Waals surface area contributed by atoms with Crippen molar-refractivity contribution in [2.45, 2.75) is 24.3 Å². The van der Waals surface area contributed by atoms with Crippen molar-refractivity contribution in [1.82, 2.24) is 9.80 Å². The van der Waals surface area contributed by atoms with Crippen LogP contribution in [0.1, 0.15) is 13.3 Å². The standard InChI is InChI=1S/C16H26N2OS/c1-2-15(19)14-18-10-8-17(9-11-18)12-13-20-16-6-4-3-5-7-16/h3-7,15,19H,2,8-14H2,1H3/t15-/m1/s1. The molecule has 0 aliphatic carbocycles. The maximum Gasteiger partial charge on any atom is 0.0664 e. The van der Waals surface area contributed by atoms with Crippen LogP contribution in [0.3, 0.4) is 0 Å². The van der Waals surface area contributed by atoms with Crippen molar-refractivity contribution in [3.8, 4) is 0 Å². The van der Waals surface area contributed by atoms with Gasteiger partial charge in [-0.1, -0.05) is 25.1 Å². The van der Waals surface area contributed by atoms with Crippen LogP contribution in [0.2, 0.25) is 0 Å². The summed E-state index contributed by atoms with van der Waals surface area (Å²) in [5.41, 5.74) is 0. The molecule has 3 nitrogen and oxygen atoms in total. The fraction of sp³-hybridized carbons (Fsp3) is 0.625. The number of nitrogens with zero attached hydrogens (tertiary/aromatic N) is 2. The number of aliphatic hydroxyl groups excluding tert-OH is 1. The van der Waals surface area contributed by atoms with Gasteiger partial charge < -0.3 is 5.11 Å². The lowest BCUT2D eigenvalue weighted by atomic mass is 10.2. The first-order chi connectivity index (χ1) is 9.78. The molecule has 0 radical (unpaired) electrons. The second kappa shape index (κ2) is 8.67. The Kier molecular flexibility index (Phi) is 6.87. The summed E-state index contributed by atoms with van der Waals surface area (Å²) in [7, 11) is 0. The molecule has 1 aliphatic heterocycles. The zero-order valence-electron chi connectivity index (χ0n) is 12.4. The van der Waals surface area contributed by atoms with Gasteiger partial charge in [0.15, 0.2) is 0 Å². The Morgan fingerprint density at radius 3 is 2.40 bits per heavy atom. The average molecular weight is 294 g/mol. The molecule has 0 saturated carbocycles. The molecule has 1 heterocycles. The molecule has 112 valence electrons. The van der Waals surface area contributed by atoms with Crippen molar-refractivity contribution in [2.75, 3.05) is 45.0 Å². The van der Waals surface area contributed by atoms with Gasteiger partial charge in [0, 0.05) is 49.9 Å². The van der Waals surface area contributed by atoms with E-state index in [9.17, 15) is 5.11 Å². The predicted octanol–water partition coefficient (Wildman–Crippen LogP) is 2.17. The highest BCUT2D eigenvalue weighted by Crippen LogP contribution is 2.17. The Morgan fingerprint density at radius 1 is 1.10 bits per heavy atom. The summed E-state index contributed by atoms with van der Waals surface area (Å²) in [6.45, 7) is 8.48. The van der Waals surface area contributed by atoms with E-state index in [4.69, 9.17) is 0 Å². The summed E-state index contributed by atoms with van der Waals surface area (Å²) < 4.78 is 0. The zero-order valence-corrected chi connectivity index (χ0v) is 13.2. The summed E-state index contributed by atoms with van der Waals surface area (Å²) in [4.78, 5) is 6.27. The molecule has 0 unspecified atom stereocenters. The lowest BCUT2D eigenvalue weighted by Gasteiger charge is -2.35. The first-order valence-corrected chi connectivity index (χ1v) is 8.57. The molecule has 0 spiro atoms. The van der Waals surface area contributed by atoms with Crippen LogP contribution in [0.4, 0.5) is 0 Å². The molecule has 0 aromatic heterocycles. The van der Waals surface area contributed by atoms with Crippen LogP contribution in [0.5, 0.6) is 0 Å². The molecule has 1 saturated heterocycles. The zero-order chi connectivity index (χ0) is 14.2. The number of thioether (sulfide) groups is 1. The quantitative estimate of drug-likeness (QED) is 0.780. The van der Waals surface area contributed by atoms with Crippen molar-refractivity contribution < 1.29 is 5.11 Å². The number of hydrogen-bond donors (Lipinski definition) is 1. The minimum absolute atomic E-state index is 0.157. The van der Waals surface area contributed by atoms with Crippen molar-refractivity contribution in [2.24, 2.45) is 0 Å². The first kappa shape index (κ1) is 15.8. The van der Waals surface area contributed by atoms with Gasteiger partial charge in [-0.2, -0.15) is 0 Å². The van der Waals surface area contributed by atoms with Gasteiger partial charge in [-0.25, -0.2) is 0 Å². The van der Waals surface area contributed by atoms with Gasteiger partial charge in [0.2, 0.25) is 0 Å². The van der Waals surface area contributed by atoms with E-state index < -0.39 is 0 Å². The molecule has 1 aliphatic rings. The van der Waals surface area contributed by atoms with E-state index in [1.807, 2.05) is 18.7 Å². The summed E-state index contributed by atoms with van der Waals surface area (Å²) >= 11 is 1.93. The number of aliphatic hydroxyl groups is 1. The number of hydrogen-bond acceptors (Lipinski definition) is 4. The van der Waals surface area contributed by atoms with Crippen LogP contribution >= 0.6 is 11.8 Å². The maximum absolute atomic E-state index is 9.68. The third-order valence-corrected chi connectivity index (χ3v) is 4.82. The normalized spacial score (nSPS) is 19.1. The molecular weight excluding hydrogens is 268 g/mol. The lowest BCUT2D eigenvalue weighted by Crippen LogP contribution is -2.48. The van der Waals surface area contributed by atoms with Crippen LogP contribution in [0.25, 0.3) is 0 Å². The highest BCUT2D eigenvalue weighted by atomic mass is 32.2. The number of rotatable bonds is 7. The van der Waals surface area contributed by atoms with E-state index in [0.29, 0.717) is 0 Å². The van der Waals surface area contributed by atoms with E-state index in [0.717, 1.165) is 51.4 Å². The van der Waals surface area contributed by atoms with Crippen LogP contribution in [0.15, 0.2) is 35.2 Å². The number of benzene rings is 1.